The fourth-order valence-electron chi connectivity index (χ4n) is 0.880. The minimum Gasteiger partial charge on any atom is -0.396 e. The van der Waals surface area contributed by atoms with Crippen LogP contribution in [0.5, 0.6) is 0 Å². The van der Waals surface area contributed by atoms with Crippen LogP contribution in [0.1, 0.15) is 17.9 Å². The second-order valence-corrected chi connectivity index (χ2v) is 2.57. The quantitative estimate of drug-likeness (QED) is 0.763. The van der Waals surface area contributed by atoms with Gasteiger partial charge in [-0.15, -0.1) is 0 Å². The van der Waals surface area contributed by atoms with Crippen molar-refractivity contribution in [2.75, 3.05) is 6.61 Å². The first-order valence-corrected chi connectivity index (χ1v) is 3.76. The van der Waals surface area contributed by atoms with E-state index in [4.69, 9.17) is 5.11 Å². The van der Waals surface area contributed by atoms with Gasteiger partial charge in [-0.3, -0.25) is 0 Å². The molecule has 0 saturated carbocycles. The average molecular weight is 194 g/mol. The fourth-order valence-corrected chi connectivity index (χ4v) is 0.880. The first kappa shape index (κ1) is 10.0. The Kier molecular flexibility index (Phi) is 2.92. The van der Waals surface area contributed by atoms with E-state index in [0.717, 1.165) is 6.20 Å². The molecule has 13 heavy (non-hydrogen) atoms. The maximum Gasteiger partial charge on any atom is 0.432 e. The molecule has 1 aromatic heterocycles. The molecule has 0 bridgehead atoms. The van der Waals surface area contributed by atoms with Gasteiger partial charge in [-0.05, 0) is 6.42 Å². The van der Waals surface area contributed by atoms with Crippen LogP contribution in [0.4, 0.5) is 13.2 Å². The Morgan fingerprint density at radius 3 is 2.62 bits per heavy atom. The summed E-state index contributed by atoms with van der Waals surface area (Å²) in [6, 6.07) is 0. The molecule has 74 valence electrons. The monoisotopic (exact) mass is 194 g/mol. The van der Waals surface area contributed by atoms with E-state index in [1.165, 1.54) is 0 Å². The normalized spacial score (nSPS) is 12.0. The molecule has 1 rings (SSSR count). The van der Waals surface area contributed by atoms with Gasteiger partial charge in [0.2, 0.25) is 0 Å². The summed E-state index contributed by atoms with van der Waals surface area (Å²) in [4.78, 5) is 5.67. The number of halogens is 3. The molecule has 3 nitrogen and oxygen atoms in total. The van der Waals surface area contributed by atoms with Crippen LogP contribution in [-0.4, -0.2) is 21.7 Å². The summed E-state index contributed by atoms with van der Waals surface area (Å²) in [6.45, 7) is -0.0535. The molecule has 0 amide bonds. The lowest BCUT2D eigenvalue weighted by atomic mass is 10.3. The molecular weight excluding hydrogens is 185 g/mol. The zero-order valence-corrected chi connectivity index (χ0v) is 6.73. The van der Waals surface area contributed by atoms with E-state index in [1.54, 1.807) is 0 Å². The van der Waals surface area contributed by atoms with Gasteiger partial charge in [0, 0.05) is 13.0 Å². The Morgan fingerprint density at radius 1 is 1.46 bits per heavy atom. The highest BCUT2D eigenvalue weighted by Gasteiger charge is 2.32. The Morgan fingerprint density at radius 2 is 2.15 bits per heavy atom. The topological polar surface area (TPSA) is 48.9 Å². The van der Waals surface area contributed by atoms with E-state index < -0.39 is 11.9 Å². The number of rotatable bonds is 3. The highest BCUT2D eigenvalue weighted by Crippen LogP contribution is 2.27. The summed E-state index contributed by atoms with van der Waals surface area (Å²) < 4.78 is 36.0. The Balaban J connectivity index is 2.64. The van der Waals surface area contributed by atoms with Crippen molar-refractivity contribution >= 4 is 0 Å². The number of aliphatic hydroxyl groups is 1. The van der Waals surface area contributed by atoms with Gasteiger partial charge in [0.1, 0.15) is 11.5 Å². The molecule has 1 aromatic rings. The highest BCUT2D eigenvalue weighted by atomic mass is 19.4. The van der Waals surface area contributed by atoms with E-state index in [-0.39, 0.29) is 12.4 Å². The molecule has 0 aromatic carbocycles. The molecule has 0 aliphatic carbocycles. The number of hydrogen-bond donors (Lipinski definition) is 2. The van der Waals surface area contributed by atoms with Crippen molar-refractivity contribution in [1.82, 2.24) is 9.97 Å². The van der Waals surface area contributed by atoms with Crippen LogP contribution in [0.25, 0.3) is 0 Å². The van der Waals surface area contributed by atoms with Crippen LogP contribution < -0.4 is 0 Å². The number of H-pyrrole nitrogens is 1. The van der Waals surface area contributed by atoms with Gasteiger partial charge in [0.05, 0.1) is 6.20 Å². The fraction of sp³-hybridized carbons (Fsp3) is 0.571. The van der Waals surface area contributed by atoms with Crippen molar-refractivity contribution in [1.29, 1.82) is 0 Å². The van der Waals surface area contributed by atoms with Crippen molar-refractivity contribution in [2.24, 2.45) is 0 Å². The van der Waals surface area contributed by atoms with Crippen molar-refractivity contribution in [3.8, 4) is 0 Å². The van der Waals surface area contributed by atoms with E-state index in [2.05, 4.69) is 9.97 Å². The van der Waals surface area contributed by atoms with Crippen LogP contribution in [0, 0.1) is 0 Å². The lowest BCUT2D eigenvalue weighted by molar-refractivity contribution is -0.140. The minimum atomic E-state index is -4.37. The molecule has 2 N–H and O–H groups in total. The molecule has 1 heterocycles. The maximum atomic E-state index is 12.0. The van der Waals surface area contributed by atoms with Crippen molar-refractivity contribution in [2.45, 2.75) is 19.0 Å². The smallest absolute Gasteiger partial charge is 0.396 e. The lowest BCUT2D eigenvalue weighted by Gasteiger charge is -2.00. The molecule has 0 atom stereocenters. The third kappa shape index (κ3) is 2.73. The molecule has 0 radical (unpaired) electrons. The number of aromatic nitrogens is 2. The van der Waals surface area contributed by atoms with E-state index in [1.807, 2.05) is 0 Å². The highest BCUT2D eigenvalue weighted by molar-refractivity contribution is 5.04. The predicted octanol–water partition coefficient (Wildman–Crippen LogP) is 1.35. The van der Waals surface area contributed by atoms with Gasteiger partial charge >= 0.3 is 6.18 Å². The maximum absolute atomic E-state index is 12.0. The lowest BCUT2D eigenvalue weighted by Crippen LogP contribution is -2.05. The number of aryl methyl sites for hydroxylation is 1. The van der Waals surface area contributed by atoms with Crippen LogP contribution in [-0.2, 0) is 12.6 Å². The van der Waals surface area contributed by atoms with E-state index >= 15 is 0 Å². The van der Waals surface area contributed by atoms with Gasteiger partial charge in [0.25, 0.3) is 0 Å². The van der Waals surface area contributed by atoms with Gasteiger partial charge in [0.15, 0.2) is 0 Å². The van der Waals surface area contributed by atoms with Crippen LogP contribution in [0.3, 0.4) is 0 Å². The Bertz CT molecular complexity index is 269. The molecule has 0 saturated heterocycles. The molecule has 6 heteroatoms. The summed E-state index contributed by atoms with van der Waals surface area (Å²) in [5.41, 5.74) is -0.847. The molecule has 0 aliphatic rings. The molecular formula is C7H9F3N2O. The second kappa shape index (κ2) is 3.78. The molecule has 0 spiro atoms. The summed E-state index contributed by atoms with van der Waals surface area (Å²) in [7, 11) is 0. The van der Waals surface area contributed by atoms with Gasteiger partial charge in [-0.2, -0.15) is 13.2 Å². The Labute approximate surface area is 72.6 Å². The number of aromatic amines is 1. The van der Waals surface area contributed by atoms with Crippen molar-refractivity contribution < 1.29 is 18.3 Å². The zero-order valence-electron chi connectivity index (χ0n) is 6.73. The first-order valence-electron chi connectivity index (χ1n) is 3.76. The number of nitrogens with one attached hydrogen (secondary N) is 1. The predicted molar refractivity (Wildman–Crippen MR) is 39.0 cm³/mol. The minimum absolute atomic E-state index is 0.0535. The van der Waals surface area contributed by atoms with Gasteiger partial charge in [-0.1, -0.05) is 0 Å². The van der Waals surface area contributed by atoms with Crippen LogP contribution in [0.2, 0.25) is 0 Å². The summed E-state index contributed by atoms with van der Waals surface area (Å²) >= 11 is 0. The van der Waals surface area contributed by atoms with Gasteiger partial charge in [-0.25, -0.2) is 4.98 Å². The number of hydrogen-bond acceptors (Lipinski definition) is 2. The standard InChI is InChI=1S/C7H9F3N2O/c8-7(9,10)5-4-11-6(12-5)2-1-3-13/h4,13H,1-3H2,(H,11,12). The summed E-state index contributed by atoms with van der Waals surface area (Å²) in [5.74, 6) is 0.251. The van der Waals surface area contributed by atoms with Crippen LogP contribution >= 0.6 is 0 Å². The number of aliphatic hydroxyl groups excluding tert-OH is 1. The third-order valence-electron chi connectivity index (χ3n) is 1.51. The van der Waals surface area contributed by atoms with Gasteiger partial charge < -0.3 is 10.1 Å². The molecule has 0 unspecified atom stereocenters. The van der Waals surface area contributed by atoms with Crippen LogP contribution in [0.15, 0.2) is 6.20 Å². The second-order valence-electron chi connectivity index (χ2n) is 2.57. The molecule has 0 fully saturated rings. The number of imidazole rings is 1. The average Bonchev–Trinajstić information content (AvgIpc) is 2.47. The zero-order chi connectivity index (χ0) is 9.90. The Hall–Kier alpha value is -1.04. The largest absolute Gasteiger partial charge is 0.432 e. The molecule has 0 aliphatic heterocycles. The van der Waals surface area contributed by atoms with E-state index in [0.29, 0.717) is 12.8 Å². The van der Waals surface area contributed by atoms with Crippen molar-refractivity contribution in [3.63, 3.8) is 0 Å². The first-order chi connectivity index (χ1) is 6.04. The number of alkyl halides is 3. The SMILES string of the molecule is OCCCc1ncc(C(F)(F)F)[nH]1. The van der Waals surface area contributed by atoms with Crippen molar-refractivity contribution in [3.05, 3.63) is 17.7 Å². The van der Waals surface area contributed by atoms with E-state index in [9.17, 15) is 13.2 Å². The third-order valence-corrected chi connectivity index (χ3v) is 1.51. The summed E-state index contributed by atoms with van der Waals surface area (Å²) in [6.07, 6.45) is -2.88. The number of nitrogens with zero attached hydrogens (tertiary/aromatic N) is 1. The summed E-state index contributed by atoms with van der Waals surface area (Å²) in [5, 5.41) is 8.43.